The van der Waals surface area contributed by atoms with Crippen molar-refractivity contribution in [3.8, 4) is 11.1 Å². The van der Waals surface area contributed by atoms with Gasteiger partial charge >= 0.3 is 0 Å². The van der Waals surface area contributed by atoms with Crippen molar-refractivity contribution < 1.29 is 4.74 Å². The molecule has 27 heavy (non-hydrogen) atoms. The molecule has 0 saturated heterocycles. The van der Waals surface area contributed by atoms with E-state index in [1.165, 1.54) is 0 Å². The van der Waals surface area contributed by atoms with Gasteiger partial charge in [-0.15, -0.1) is 0 Å². The molecule has 3 heterocycles. The van der Waals surface area contributed by atoms with Gasteiger partial charge in [-0.05, 0) is 29.3 Å². The SMILES string of the molecule is Nc1ncccc1-c1cnn(CC2=CNC(OCc3ccccc3)C=C2)c1. The molecule has 0 fully saturated rings. The zero-order valence-electron chi connectivity index (χ0n) is 14.8. The summed E-state index contributed by atoms with van der Waals surface area (Å²) < 4.78 is 7.74. The second-order valence-electron chi connectivity index (χ2n) is 6.33. The third-order valence-electron chi connectivity index (χ3n) is 4.32. The number of dihydropyridines is 1. The number of benzene rings is 1. The third-order valence-corrected chi connectivity index (χ3v) is 4.32. The number of anilines is 1. The fourth-order valence-electron chi connectivity index (χ4n) is 2.90. The maximum absolute atomic E-state index is 5.94. The summed E-state index contributed by atoms with van der Waals surface area (Å²) in [4.78, 5) is 4.12. The van der Waals surface area contributed by atoms with E-state index < -0.39 is 0 Å². The number of nitrogens with two attached hydrogens (primary N) is 1. The van der Waals surface area contributed by atoms with Crippen LogP contribution in [0.2, 0.25) is 0 Å². The van der Waals surface area contributed by atoms with Gasteiger partial charge in [-0.3, -0.25) is 4.68 Å². The van der Waals surface area contributed by atoms with Crippen molar-refractivity contribution in [1.82, 2.24) is 20.1 Å². The number of pyridine rings is 1. The second kappa shape index (κ2) is 7.88. The van der Waals surface area contributed by atoms with E-state index >= 15 is 0 Å². The smallest absolute Gasteiger partial charge is 0.147 e. The van der Waals surface area contributed by atoms with Crippen LogP contribution in [0.25, 0.3) is 11.1 Å². The van der Waals surface area contributed by atoms with Crippen LogP contribution < -0.4 is 11.1 Å². The highest BCUT2D eigenvalue weighted by atomic mass is 16.5. The molecule has 3 aromatic rings. The molecule has 1 aliphatic rings. The van der Waals surface area contributed by atoms with Crippen molar-refractivity contribution in [1.29, 1.82) is 0 Å². The molecule has 6 heteroatoms. The van der Waals surface area contributed by atoms with Gasteiger partial charge < -0.3 is 15.8 Å². The highest BCUT2D eigenvalue weighted by molar-refractivity contribution is 5.72. The molecular formula is C21H21N5O. The standard InChI is InChI=1S/C21H21N5O/c22-21-19(7-4-10-23-21)18-12-25-26(14-18)13-17-8-9-20(24-11-17)27-15-16-5-2-1-3-6-16/h1-12,14,20,24H,13,15H2,(H2,22,23). The molecule has 3 N–H and O–H groups in total. The Balaban J connectivity index is 1.33. The van der Waals surface area contributed by atoms with Gasteiger partial charge in [0, 0.05) is 29.7 Å². The number of allylic oxidation sites excluding steroid dienone is 2. The molecule has 4 rings (SSSR count). The molecule has 0 aliphatic carbocycles. The van der Waals surface area contributed by atoms with Crippen LogP contribution in [0.5, 0.6) is 0 Å². The minimum atomic E-state index is -0.127. The number of nitrogens with zero attached hydrogens (tertiary/aromatic N) is 3. The van der Waals surface area contributed by atoms with Crippen LogP contribution in [0, 0.1) is 0 Å². The van der Waals surface area contributed by atoms with Crippen molar-refractivity contribution >= 4 is 5.82 Å². The first-order chi connectivity index (χ1) is 13.3. The fraction of sp³-hybridized carbons (Fsp3) is 0.143. The lowest BCUT2D eigenvalue weighted by molar-refractivity contribution is 0.0577. The highest BCUT2D eigenvalue weighted by Gasteiger charge is 2.10. The van der Waals surface area contributed by atoms with Crippen LogP contribution in [0.15, 0.2) is 85.0 Å². The van der Waals surface area contributed by atoms with E-state index in [4.69, 9.17) is 10.5 Å². The molecule has 0 bridgehead atoms. The Morgan fingerprint density at radius 3 is 2.81 bits per heavy atom. The number of ether oxygens (including phenoxy) is 1. The van der Waals surface area contributed by atoms with Crippen LogP contribution in [-0.2, 0) is 17.9 Å². The van der Waals surface area contributed by atoms with Gasteiger partial charge in [-0.25, -0.2) is 4.98 Å². The minimum absolute atomic E-state index is 0.127. The van der Waals surface area contributed by atoms with E-state index in [-0.39, 0.29) is 6.23 Å². The maximum Gasteiger partial charge on any atom is 0.147 e. The monoisotopic (exact) mass is 359 g/mol. The Morgan fingerprint density at radius 2 is 2.04 bits per heavy atom. The largest absolute Gasteiger partial charge is 0.383 e. The average Bonchev–Trinajstić information content (AvgIpc) is 3.17. The Kier molecular flexibility index (Phi) is 4.98. The lowest BCUT2D eigenvalue weighted by Gasteiger charge is -2.19. The second-order valence-corrected chi connectivity index (χ2v) is 6.33. The Morgan fingerprint density at radius 1 is 1.15 bits per heavy atom. The number of aromatic nitrogens is 3. The van der Waals surface area contributed by atoms with Gasteiger partial charge in [-0.2, -0.15) is 5.10 Å². The van der Waals surface area contributed by atoms with E-state index in [9.17, 15) is 0 Å². The number of hydrogen-bond donors (Lipinski definition) is 2. The van der Waals surface area contributed by atoms with Crippen molar-refractivity contribution in [2.45, 2.75) is 19.4 Å². The molecule has 1 unspecified atom stereocenters. The summed E-state index contributed by atoms with van der Waals surface area (Å²) in [6, 6.07) is 13.9. The summed E-state index contributed by atoms with van der Waals surface area (Å²) in [6.45, 7) is 1.23. The van der Waals surface area contributed by atoms with E-state index in [0.29, 0.717) is 19.0 Å². The Labute approximate surface area is 158 Å². The van der Waals surface area contributed by atoms with Gasteiger partial charge in [0.2, 0.25) is 0 Å². The lowest BCUT2D eigenvalue weighted by atomic mass is 10.1. The van der Waals surface area contributed by atoms with Gasteiger partial charge in [0.15, 0.2) is 0 Å². The van der Waals surface area contributed by atoms with Gasteiger partial charge in [0.1, 0.15) is 12.0 Å². The van der Waals surface area contributed by atoms with E-state index in [1.54, 1.807) is 12.4 Å². The number of rotatable bonds is 6. The zero-order chi connectivity index (χ0) is 18.5. The van der Waals surface area contributed by atoms with Crippen LogP contribution in [-0.4, -0.2) is 21.0 Å². The summed E-state index contributed by atoms with van der Waals surface area (Å²) in [5.41, 5.74) is 10.1. The Bertz CT molecular complexity index is 961. The minimum Gasteiger partial charge on any atom is -0.383 e. The molecular weight excluding hydrogens is 338 g/mol. The Hall–Kier alpha value is -3.38. The van der Waals surface area contributed by atoms with Crippen molar-refractivity contribution in [2.75, 3.05) is 5.73 Å². The molecule has 1 atom stereocenters. The van der Waals surface area contributed by atoms with Crippen LogP contribution in [0.3, 0.4) is 0 Å². The normalized spacial score (nSPS) is 16.0. The summed E-state index contributed by atoms with van der Waals surface area (Å²) >= 11 is 0. The molecule has 0 radical (unpaired) electrons. The molecule has 0 saturated carbocycles. The van der Waals surface area contributed by atoms with Gasteiger partial charge in [0.05, 0.1) is 19.3 Å². The molecule has 0 amide bonds. The number of nitrogen functional groups attached to an aromatic ring is 1. The van der Waals surface area contributed by atoms with Crippen LogP contribution in [0.4, 0.5) is 5.82 Å². The molecule has 2 aromatic heterocycles. The predicted molar refractivity (Wildman–Crippen MR) is 105 cm³/mol. The fourth-order valence-corrected chi connectivity index (χ4v) is 2.90. The molecule has 0 spiro atoms. The number of nitrogens with one attached hydrogen (secondary N) is 1. The van der Waals surface area contributed by atoms with Crippen molar-refractivity contribution in [3.63, 3.8) is 0 Å². The van der Waals surface area contributed by atoms with Gasteiger partial charge in [0.25, 0.3) is 0 Å². The quantitative estimate of drug-likeness (QED) is 0.707. The number of hydrogen-bond acceptors (Lipinski definition) is 5. The van der Waals surface area contributed by atoms with E-state index in [0.717, 1.165) is 22.3 Å². The van der Waals surface area contributed by atoms with Crippen molar-refractivity contribution in [2.24, 2.45) is 0 Å². The van der Waals surface area contributed by atoms with Crippen LogP contribution in [0.1, 0.15) is 5.56 Å². The predicted octanol–water partition coefficient (Wildman–Crippen LogP) is 3.11. The van der Waals surface area contributed by atoms with Crippen molar-refractivity contribution in [3.05, 3.63) is 90.5 Å². The molecule has 1 aliphatic heterocycles. The van der Waals surface area contributed by atoms with Crippen LogP contribution >= 0.6 is 0 Å². The topological polar surface area (TPSA) is 78.0 Å². The third kappa shape index (κ3) is 4.24. The maximum atomic E-state index is 5.94. The lowest BCUT2D eigenvalue weighted by Crippen LogP contribution is -2.28. The summed E-state index contributed by atoms with van der Waals surface area (Å²) in [5, 5.41) is 7.69. The first kappa shape index (κ1) is 17.1. The summed E-state index contributed by atoms with van der Waals surface area (Å²) in [5.74, 6) is 0.508. The first-order valence-corrected chi connectivity index (χ1v) is 8.80. The molecule has 1 aromatic carbocycles. The zero-order valence-corrected chi connectivity index (χ0v) is 14.8. The van der Waals surface area contributed by atoms with Gasteiger partial charge in [-0.1, -0.05) is 36.4 Å². The van der Waals surface area contributed by atoms with E-state index in [1.807, 2.05) is 53.5 Å². The summed E-state index contributed by atoms with van der Waals surface area (Å²) in [7, 11) is 0. The molecule has 136 valence electrons. The summed E-state index contributed by atoms with van der Waals surface area (Å²) in [6.07, 6.45) is 11.4. The first-order valence-electron chi connectivity index (χ1n) is 8.80. The highest BCUT2D eigenvalue weighted by Crippen LogP contribution is 2.23. The van der Waals surface area contributed by atoms with E-state index in [2.05, 4.69) is 33.6 Å². The average molecular weight is 359 g/mol. The molecule has 6 nitrogen and oxygen atoms in total.